The predicted molar refractivity (Wildman–Crippen MR) is 51.0 cm³/mol. The van der Waals surface area contributed by atoms with Crippen molar-refractivity contribution in [1.29, 1.82) is 0 Å². The third-order valence-electron chi connectivity index (χ3n) is 1.94. The summed E-state index contributed by atoms with van der Waals surface area (Å²) in [5.41, 5.74) is 0.906. The van der Waals surface area contributed by atoms with Crippen molar-refractivity contribution in [3.8, 4) is 0 Å². The SMILES string of the molecule is CC1C(O)=CC(CS)=CN1CO. The molecule has 1 atom stereocenters. The Labute approximate surface area is 77.4 Å². The van der Waals surface area contributed by atoms with E-state index >= 15 is 0 Å². The maximum Gasteiger partial charge on any atom is 0.115 e. The molecule has 0 amide bonds. The van der Waals surface area contributed by atoms with Gasteiger partial charge in [0.15, 0.2) is 0 Å². The summed E-state index contributed by atoms with van der Waals surface area (Å²) in [7, 11) is 0. The van der Waals surface area contributed by atoms with Crippen molar-refractivity contribution in [3.05, 3.63) is 23.6 Å². The Kier molecular flexibility index (Phi) is 3.05. The van der Waals surface area contributed by atoms with E-state index in [2.05, 4.69) is 12.6 Å². The summed E-state index contributed by atoms with van der Waals surface area (Å²) in [6.45, 7) is 1.74. The van der Waals surface area contributed by atoms with Crippen LogP contribution in [-0.4, -0.2) is 33.6 Å². The number of hydrogen-bond donors (Lipinski definition) is 3. The second kappa shape index (κ2) is 3.87. The summed E-state index contributed by atoms with van der Waals surface area (Å²) in [5, 5.41) is 18.3. The van der Waals surface area contributed by atoms with Crippen LogP contribution in [0.2, 0.25) is 0 Å². The van der Waals surface area contributed by atoms with Gasteiger partial charge in [-0.05, 0) is 18.6 Å². The van der Waals surface area contributed by atoms with E-state index < -0.39 is 0 Å². The maximum atomic E-state index is 9.41. The number of aliphatic hydroxyl groups is 2. The van der Waals surface area contributed by atoms with E-state index in [1.165, 1.54) is 0 Å². The second-order valence-electron chi connectivity index (χ2n) is 2.76. The van der Waals surface area contributed by atoms with Crippen molar-refractivity contribution in [2.75, 3.05) is 12.5 Å². The van der Waals surface area contributed by atoms with Gasteiger partial charge in [-0.15, -0.1) is 0 Å². The number of hydrogen-bond acceptors (Lipinski definition) is 4. The Morgan fingerprint density at radius 2 is 2.33 bits per heavy atom. The number of nitrogens with zero attached hydrogens (tertiary/aromatic N) is 1. The van der Waals surface area contributed by atoms with Gasteiger partial charge in [0.2, 0.25) is 0 Å². The van der Waals surface area contributed by atoms with Crippen LogP contribution in [0.3, 0.4) is 0 Å². The summed E-state index contributed by atoms with van der Waals surface area (Å²) >= 11 is 4.08. The molecular formula is C8H13NO2S. The molecule has 2 N–H and O–H groups in total. The minimum atomic E-state index is -0.140. The van der Waals surface area contributed by atoms with Gasteiger partial charge in [-0.1, -0.05) is 0 Å². The van der Waals surface area contributed by atoms with E-state index in [0.717, 1.165) is 5.57 Å². The maximum absolute atomic E-state index is 9.41. The van der Waals surface area contributed by atoms with Crippen LogP contribution >= 0.6 is 12.6 Å². The van der Waals surface area contributed by atoms with Crippen LogP contribution in [-0.2, 0) is 0 Å². The topological polar surface area (TPSA) is 43.7 Å². The van der Waals surface area contributed by atoms with Gasteiger partial charge in [0.1, 0.15) is 12.5 Å². The zero-order valence-corrected chi connectivity index (χ0v) is 7.83. The molecule has 0 aliphatic carbocycles. The number of aliphatic hydroxyl groups excluding tert-OH is 2. The third-order valence-corrected chi connectivity index (χ3v) is 2.30. The molecule has 0 aromatic heterocycles. The van der Waals surface area contributed by atoms with Crippen LogP contribution in [0.5, 0.6) is 0 Å². The van der Waals surface area contributed by atoms with Gasteiger partial charge in [0.05, 0.1) is 6.04 Å². The Balaban J connectivity index is 2.82. The Bertz CT molecular complexity index is 225. The van der Waals surface area contributed by atoms with Crippen molar-refractivity contribution < 1.29 is 10.2 Å². The predicted octanol–water partition coefficient (Wildman–Crippen LogP) is 0.896. The minimum absolute atomic E-state index is 0.0870. The third kappa shape index (κ3) is 1.76. The number of rotatable bonds is 2. The highest BCUT2D eigenvalue weighted by molar-refractivity contribution is 7.80. The van der Waals surface area contributed by atoms with Crippen molar-refractivity contribution >= 4 is 12.6 Å². The van der Waals surface area contributed by atoms with Gasteiger partial charge in [0.25, 0.3) is 0 Å². The molecule has 1 rings (SSSR count). The molecule has 1 heterocycles. The normalized spacial score (nSPS) is 23.6. The molecule has 0 spiro atoms. The monoisotopic (exact) mass is 187 g/mol. The molecular weight excluding hydrogens is 174 g/mol. The lowest BCUT2D eigenvalue weighted by Crippen LogP contribution is -2.33. The van der Waals surface area contributed by atoms with Gasteiger partial charge < -0.3 is 15.1 Å². The highest BCUT2D eigenvalue weighted by Crippen LogP contribution is 2.18. The molecule has 68 valence electrons. The highest BCUT2D eigenvalue weighted by Gasteiger charge is 2.18. The van der Waals surface area contributed by atoms with E-state index in [4.69, 9.17) is 5.11 Å². The first-order valence-electron chi connectivity index (χ1n) is 3.77. The molecule has 3 nitrogen and oxygen atoms in total. The fourth-order valence-corrected chi connectivity index (χ4v) is 1.27. The highest BCUT2D eigenvalue weighted by atomic mass is 32.1. The zero-order chi connectivity index (χ0) is 9.14. The van der Waals surface area contributed by atoms with E-state index in [0.29, 0.717) is 5.75 Å². The van der Waals surface area contributed by atoms with E-state index in [9.17, 15) is 5.11 Å². The molecule has 0 saturated heterocycles. The molecule has 1 aliphatic heterocycles. The fourth-order valence-electron chi connectivity index (χ4n) is 1.09. The van der Waals surface area contributed by atoms with Crippen molar-refractivity contribution in [2.45, 2.75) is 13.0 Å². The van der Waals surface area contributed by atoms with Crippen LogP contribution < -0.4 is 0 Å². The number of thiol groups is 1. The molecule has 12 heavy (non-hydrogen) atoms. The largest absolute Gasteiger partial charge is 0.510 e. The van der Waals surface area contributed by atoms with Gasteiger partial charge in [0, 0.05) is 12.0 Å². The Morgan fingerprint density at radius 1 is 1.67 bits per heavy atom. The molecule has 4 heteroatoms. The summed E-state index contributed by atoms with van der Waals surface area (Å²) in [4.78, 5) is 1.65. The van der Waals surface area contributed by atoms with Crippen LogP contribution in [0.1, 0.15) is 6.92 Å². The second-order valence-corrected chi connectivity index (χ2v) is 3.08. The van der Waals surface area contributed by atoms with Crippen LogP contribution in [0.25, 0.3) is 0 Å². The first kappa shape index (κ1) is 9.48. The Hall–Kier alpha value is -0.610. The lowest BCUT2D eigenvalue weighted by Gasteiger charge is -2.29. The Morgan fingerprint density at radius 3 is 2.83 bits per heavy atom. The average molecular weight is 187 g/mol. The van der Waals surface area contributed by atoms with Crippen LogP contribution in [0, 0.1) is 0 Å². The van der Waals surface area contributed by atoms with Gasteiger partial charge in [-0.2, -0.15) is 12.6 Å². The number of allylic oxidation sites excluding steroid dienone is 1. The van der Waals surface area contributed by atoms with Crippen molar-refractivity contribution in [3.63, 3.8) is 0 Å². The summed E-state index contributed by atoms with van der Waals surface area (Å²) in [6, 6.07) is -0.140. The summed E-state index contributed by atoms with van der Waals surface area (Å²) in [5.74, 6) is 0.836. The molecule has 0 saturated carbocycles. The summed E-state index contributed by atoms with van der Waals surface area (Å²) in [6.07, 6.45) is 3.49. The zero-order valence-electron chi connectivity index (χ0n) is 6.94. The van der Waals surface area contributed by atoms with Gasteiger partial charge >= 0.3 is 0 Å². The van der Waals surface area contributed by atoms with Crippen molar-refractivity contribution in [1.82, 2.24) is 4.90 Å². The van der Waals surface area contributed by atoms with E-state index in [1.807, 2.05) is 6.92 Å². The first-order chi connectivity index (χ1) is 5.69. The lowest BCUT2D eigenvalue weighted by molar-refractivity contribution is 0.111. The van der Waals surface area contributed by atoms with Crippen molar-refractivity contribution in [2.24, 2.45) is 0 Å². The first-order valence-corrected chi connectivity index (χ1v) is 4.41. The minimum Gasteiger partial charge on any atom is -0.510 e. The fraction of sp³-hybridized carbons (Fsp3) is 0.500. The smallest absolute Gasteiger partial charge is 0.115 e. The molecule has 0 fully saturated rings. The molecule has 1 unspecified atom stereocenters. The molecule has 1 aliphatic rings. The molecule has 0 aromatic rings. The van der Waals surface area contributed by atoms with Gasteiger partial charge in [-0.25, -0.2) is 0 Å². The van der Waals surface area contributed by atoms with E-state index in [1.54, 1.807) is 17.2 Å². The standard InChI is InChI=1S/C8H13NO2S/c1-6-8(11)2-7(4-12)3-9(6)5-10/h2-3,6,10-12H,4-5H2,1H3. The quantitative estimate of drug-likeness (QED) is 0.563. The van der Waals surface area contributed by atoms with Gasteiger partial charge in [-0.3, -0.25) is 0 Å². The molecule has 0 radical (unpaired) electrons. The lowest BCUT2D eigenvalue weighted by atomic mass is 10.1. The van der Waals surface area contributed by atoms with Crippen LogP contribution in [0.4, 0.5) is 0 Å². The van der Waals surface area contributed by atoms with E-state index in [-0.39, 0.29) is 18.5 Å². The summed E-state index contributed by atoms with van der Waals surface area (Å²) < 4.78 is 0. The van der Waals surface area contributed by atoms with Crippen LogP contribution in [0.15, 0.2) is 23.6 Å². The average Bonchev–Trinajstić information content (AvgIpc) is 2.09. The molecule has 0 bridgehead atoms. The molecule has 0 aromatic carbocycles.